The monoisotopic (exact) mass is 411 g/mol. The lowest BCUT2D eigenvalue weighted by molar-refractivity contribution is 0.415. The molecule has 2 aromatic heterocycles. The Morgan fingerprint density at radius 2 is 1.77 bits per heavy atom. The van der Waals surface area contributed by atoms with E-state index in [0.29, 0.717) is 0 Å². The largest absolute Gasteiger partial charge is 0.497 e. The normalized spacial score (nSPS) is 13.9. The fourth-order valence-corrected chi connectivity index (χ4v) is 4.02. The fourth-order valence-electron chi connectivity index (χ4n) is 4.02. The van der Waals surface area contributed by atoms with Crippen molar-refractivity contribution < 1.29 is 4.74 Å². The highest BCUT2D eigenvalue weighted by atomic mass is 16.5. The smallest absolute Gasteiger partial charge is 0.120 e. The van der Waals surface area contributed by atoms with Gasteiger partial charge in [0.25, 0.3) is 0 Å². The summed E-state index contributed by atoms with van der Waals surface area (Å²) in [6, 6.07) is 16.4. The Morgan fingerprint density at radius 1 is 0.935 bits per heavy atom. The number of anilines is 3. The van der Waals surface area contributed by atoms with Gasteiger partial charge in [-0.25, -0.2) is 4.98 Å². The van der Waals surface area contributed by atoms with Crippen LogP contribution in [0, 0.1) is 0 Å². The van der Waals surface area contributed by atoms with Crippen LogP contribution in [0.3, 0.4) is 0 Å². The van der Waals surface area contributed by atoms with E-state index in [4.69, 9.17) is 9.72 Å². The maximum absolute atomic E-state index is 5.32. The Bertz CT molecular complexity index is 1190. The van der Waals surface area contributed by atoms with Crippen LogP contribution in [0.25, 0.3) is 22.3 Å². The van der Waals surface area contributed by atoms with Crippen molar-refractivity contribution in [3.63, 3.8) is 0 Å². The minimum Gasteiger partial charge on any atom is -0.497 e. The van der Waals surface area contributed by atoms with Gasteiger partial charge in [-0.1, -0.05) is 18.2 Å². The molecule has 5 rings (SSSR count). The second kappa shape index (κ2) is 8.60. The molecule has 156 valence electrons. The molecule has 0 aliphatic carbocycles. The summed E-state index contributed by atoms with van der Waals surface area (Å²) in [5.74, 6) is 0.791. The van der Waals surface area contributed by atoms with Gasteiger partial charge in [-0.05, 0) is 43.5 Å². The zero-order valence-corrected chi connectivity index (χ0v) is 17.6. The Hall–Kier alpha value is -3.67. The number of nitrogens with one attached hydrogen (secondary N) is 1. The summed E-state index contributed by atoms with van der Waals surface area (Å²) >= 11 is 0. The zero-order chi connectivity index (χ0) is 21.0. The number of rotatable bonds is 5. The standard InChI is InChI=1S/C25H25N5O/c1-31-21-7-5-6-19(14-21)28-24-16-26-15-23-25(24)29-22(17-27-23)18-8-10-20(11-9-18)30-12-3-2-4-13-30/h5-11,14-17,28H,2-4,12-13H2,1H3. The van der Waals surface area contributed by atoms with E-state index in [0.717, 1.165) is 52.5 Å². The Kier molecular flexibility index (Phi) is 5.35. The molecule has 1 aliphatic rings. The van der Waals surface area contributed by atoms with E-state index in [1.807, 2.05) is 30.5 Å². The number of fused-ring (bicyclic) bond motifs is 1. The van der Waals surface area contributed by atoms with Crippen molar-refractivity contribution in [3.8, 4) is 17.0 Å². The molecular formula is C25H25N5O. The molecule has 0 unspecified atom stereocenters. The maximum Gasteiger partial charge on any atom is 0.120 e. The number of hydrogen-bond donors (Lipinski definition) is 1. The Labute approximate surface area is 181 Å². The second-order valence-corrected chi connectivity index (χ2v) is 7.76. The Morgan fingerprint density at radius 3 is 2.58 bits per heavy atom. The van der Waals surface area contributed by atoms with Crippen LogP contribution in [0.4, 0.5) is 17.1 Å². The van der Waals surface area contributed by atoms with Crippen molar-refractivity contribution in [3.05, 3.63) is 67.1 Å². The van der Waals surface area contributed by atoms with Gasteiger partial charge in [0.1, 0.15) is 16.8 Å². The minimum atomic E-state index is 0.751. The molecule has 1 aliphatic heterocycles. The SMILES string of the molecule is COc1cccc(Nc2cncc3ncc(-c4ccc(N5CCCCC5)cc4)nc23)c1. The summed E-state index contributed by atoms with van der Waals surface area (Å²) in [5, 5.41) is 3.40. The van der Waals surface area contributed by atoms with Crippen LogP contribution in [0.15, 0.2) is 67.1 Å². The van der Waals surface area contributed by atoms with Gasteiger partial charge in [-0.2, -0.15) is 0 Å². The quantitative estimate of drug-likeness (QED) is 0.472. The molecule has 6 heteroatoms. The molecule has 0 bridgehead atoms. The highest BCUT2D eigenvalue weighted by Gasteiger charge is 2.12. The molecule has 1 fully saturated rings. The third kappa shape index (κ3) is 4.14. The molecule has 1 saturated heterocycles. The van der Waals surface area contributed by atoms with Gasteiger partial charge >= 0.3 is 0 Å². The number of aromatic nitrogens is 3. The number of ether oxygens (including phenoxy) is 1. The van der Waals surface area contributed by atoms with Crippen LogP contribution >= 0.6 is 0 Å². The van der Waals surface area contributed by atoms with Crippen molar-refractivity contribution in [1.82, 2.24) is 15.0 Å². The number of nitrogens with zero attached hydrogens (tertiary/aromatic N) is 4. The highest BCUT2D eigenvalue weighted by Crippen LogP contribution is 2.28. The number of benzene rings is 2. The zero-order valence-electron chi connectivity index (χ0n) is 17.6. The third-order valence-corrected chi connectivity index (χ3v) is 5.69. The predicted octanol–water partition coefficient (Wildman–Crippen LogP) is 5.43. The molecule has 0 radical (unpaired) electrons. The number of hydrogen-bond acceptors (Lipinski definition) is 6. The molecule has 31 heavy (non-hydrogen) atoms. The summed E-state index contributed by atoms with van der Waals surface area (Å²) in [6.45, 7) is 2.28. The predicted molar refractivity (Wildman–Crippen MR) is 125 cm³/mol. The van der Waals surface area contributed by atoms with Gasteiger partial charge in [-0.15, -0.1) is 0 Å². The maximum atomic E-state index is 5.32. The summed E-state index contributed by atoms with van der Waals surface area (Å²) in [4.78, 5) is 16.3. The minimum absolute atomic E-state index is 0.751. The topological polar surface area (TPSA) is 63.2 Å². The first-order chi connectivity index (χ1) is 15.3. The molecule has 4 aromatic rings. The molecule has 6 nitrogen and oxygen atoms in total. The first-order valence-corrected chi connectivity index (χ1v) is 10.7. The molecule has 0 amide bonds. The average molecular weight is 412 g/mol. The molecular weight excluding hydrogens is 386 g/mol. The second-order valence-electron chi connectivity index (χ2n) is 7.76. The Balaban J connectivity index is 1.45. The van der Waals surface area contributed by atoms with Crippen LogP contribution < -0.4 is 15.0 Å². The van der Waals surface area contributed by atoms with E-state index >= 15 is 0 Å². The molecule has 2 aromatic carbocycles. The van der Waals surface area contributed by atoms with Gasteiger partial charge in [-0.3, -0.25) is 9.97 Å². The van der Waals surface area contributed by atoms with Crippen molar-refractivity contribution >= 4 is 28.1 Å². The number of piperidine rings is 1. The molecule has 0 atom stereocenters. The molecule has 1 N–H and O–H groups in total. The number of pyridine rings is 1. The summed E-state index contributed by atoms with van der Waals surface area (Å²) in [6.07, 6.45) is 9.21. The van der Waals surface area contributed by atoms with Crippen LogP contribution in [0.2, 0.25) is 0 Å². The summed E-state index contributed by atoms with van der Waals surface area (Å²) in [7, 11) is 1.66. The van der Waals surface area contributed by atoms with Crippen molar-refractivity contribution in [1.29, 1.82) is 0 Å². The number of methoxy groups -OCH3 is 1. The van der Waals surface area contributed by atoms with Gasteiger partial charge < -0.3 is 15.0 Å². The van der Waals surface area contributed by atoms with Crippen molar-refractivity contribution in [2.75, 3.05) is 30.4 Å². The lowest BCUT2D eigenvalue weighted by Gasteiger charge is -2.28. The lowest BCUT2D eigenvalue weighted by Crippen LogP contribution is -2.29. The van der Waals surface area contributed by atoms with E-state index in [1.165, 1.54) is 24.9 Å². The van der Waals surface area contributed by atoms with E-state index < -0.39 is 0 Å². The van der Waals surface area contributed by atoms with E-state index in [1.54, 1.807) is 19.5 Å². The van der Waals surface area contributed by atoms with Crippen molar-refractivity contribution in [2.45, 2.75) is 19.3 Å². The van der Waals surface area contributed by atoms with Crippen LogP contribution in [0.1, 0.15) is 19.3 Å². The summed E-state index contributed by atoms with van der Waals surface area (Å²) in [5.41, 5.74) is 6.44. The third-order valence-electron chi connectivity index (χ3n) is 5.69. The molecule has 3 heterocycles. The van der Waals surface area contributed by atoms with Crippen LogP contribution in [-0.4, -0.2) is 35.2 Å². The van der Waals surface area contributed by atoms with E-state index in [2.05, 4.69) is 44.5 Å². The van der Waals surface area contributed by atoms with Gasteiger partial charge in [0.15, 0.2) is 0 Å². The average Bonchev–Trinajstić information content (AvgIpc) is 2.85. The van der Waals surface area contributed by atoms with Gasteiger partial charge in [0.05, 0.1) is 37.1 Å². The van der Waals surface area contributed by atoms with Gasteiger partial charge in [0.2, 0.25) is 0 Å². The van der Waals surface area contributed by atoms with E-state index in [-0.39, 0.29) is 0 Å². The van der Waals surface area contributed by atoms with Gasteiger partial charge in [0, 0.05) is 36.1 Å². The van der Waals surface area contributed by atoms with Crippen LogP contribution in [0.5, 0.6) is 5.75 Å². The summed E-state index contributed by atoms with van der Waals surface area (Å²) < 4.78 is 5.32. The van der Waals surface area contributed by atoms with Crippen molar-refractivity contribution in [2.24, 2.45) is 0 Å². The molecule has 0 saturated carbocycles. The first-order valence-electron chi connectivity index (χ1n) is 10.7. The van der Waals surface area contributed by atoms with Crippen LogP contribution in [-0.2, 0) is 0 Å². The highest BCUT2D eigenvalue weighted by molar-refractivity contribution is 5.90. The first kappa shape index (κ1) is 19.3. The molecule has 0 spiro atoms. The fraction of sp³-hybridized carbons (Fsp3) is 0.240. The lowest BCUT2D eigenvalue weighted by atomic mass is 10.1. The van der Waals surface area contributed by atoms with E-state index in [9.17, 15) is 0 Å².